The van der Waals surface area contributed by atoms with E-state index in [-0.39, 0.29) is 0 Å². The Morgan fingerprint density at radius 3 is 1.55 bits per heavy atom. The van der Waals surface area contributed by atoms with Crippen LogP contribution >= 0.6 is 23.5 Å². The Balaban J connectivity index is 2.13. The quantitative estimate of drug-likeness (QED) is 0.713. The topological polar surface area (TPSA) is 77.3 Å². The molecule has 118 valence electrons. The molecule has 0 aromatic carbocycles. The molecule has 6 nitrogen and oxygen atoms in total. The summed E-state index contributed by atoms with van der Waals surface area (Å²) in [5.74, 6) is 3.08. The number of hydrogen-bond donors (Lipinski definition) is 0. The highest BCUT2D eigenvalue weighted by Gasteiger charge is 2.09. The van der Waals surface area contributed by atoms with E-state index in [1.54, 1.807) is 35.9 Å². The van der Waals surface area contributed by atoms with Gasteiger partial charge in [0.15, 0.2) is 0 Å². The molecule has 0 aliphatic heterocycles. The molecule has 8 heteroatoms. The first-order valence-electron chi connectivity index (χ1n) is 7.20. The number of nitrogens with zero attached hydrogens (tertiary/aromatic N) is 6. The minimum atomic E-state index is 0.581. The van der Waals surface area contributed by atoms with Crippen molar-refractivity contribution in [3.8, 4) is 11.4 Å². The third-order valence-corrected chi connectivity index (χ3v) is 4.96. The number of hydrogen-bond acceptors (Lipinski definition) is 8. The fraction of sp³-hybridized carbons (Fsp3) is 0.571. The monoisotopic (exact) mass is 336 g/mol. The summed E-state index contributed by atoms with van der Waals surface area (Å²) >= 11 is 3.20. The van der Waals surface area contributed by atoms with Crippen molar-refractivity contribution in [2.75, 3.05) is 11.5 Å². The third-order valence-electron chi connectivity index (χ3n) is 2.43. The lowest BCUT2D eigenvalue weighted by Crippen LogP contribution is -2.00. The first-order chi connectivity index (χ1) is 10.5. The Labute approximate surface area is 139 Å². The van der Waals surface area contributed by atoms with Crippen molar-refractivity contribution in [3.05, 3.63) is 12.4 Å². The molecule has 0 aliphatic rings. The fourth-order valence-corrected chi connectivity index (χ4v) is 2.93. The number of thioether (sulfide) groups is 2. The van der Waals surface area contributed by atoms with E-state index in [2.05, 4.69) is 58.1 Å². The van der Waals surface area contributed by atoms with E-state index in [0.29, 0.717) is 33.5 Å². The maximum absolute atomic E-state index is 4.50. The first kappa shape index (κ1) is 17.1. The van der Waals surface area contributed by atoms with Gasteiger partial charge in [0.05, 0.1) is 12.4 Å². The van der Waals surface area contributed by atoms with Crippen LogP contribution in [0, 0.1) is 11.8 Å². The zero-order chi connectivity index (χ0) is 15.9. The van der Waals surface area contributed by atoms with Gasteiger partial charge in [-0.3, -0.25) is 0 Å². The summed E-state index contributed by atoms with van der Waals surface area (Å²) in [6, 6.07) is 0. The molecule has 0 atom stereocenters. The Morgan fingerprint density at radius 1 is 0.773 bits per heavy atom. The van der Waals surface area contributed by atoms with E-state index in [9.17, 15) is 0 Å². The molecule has 0 aliphatic carbocycles. The summed E-state index contributed by atoms with van der Waals surface area (Å²) < 4.78 is 0. The molecule has 0 N–H and O–H groups in total. The van der Waals surface area contributed by atoms with E-state index >= 15 is 0 Å². The van der Waals surface area contributed by atoms with Crippen LogP contribution in [0.1, 0.15) is 27.7 Å². The van der Waals surface area contributed by atoms with Gasteiger partial charge in [-0.25, -0.2) is 9.97 Å². The zero-order valence-electron chi connectivity index (χ0n) is 13.2. The van der Waals surface area contributed by atoms with Crippen molar-refractivity contribution >= 4 is 23.5 Å². The smallest absolute Gasteiger partial charge is 0.209 e. The van der Waals surface area contributed by atoms with Crippen LogP contribution in [0.2, 0.25) is 0 Å². The third kappa shape index (κ3) is 5.49. The Bertz CT molecular complexity index is 552. The van der Waals surface area contributed by atoms with Crippen LogP contribution in [-0.4, -0.2) is 41.9 Å². The molecule has 2 rings (SSSR count). The normalized spacial score (nSPS) is 11.4. The van der Waals surface area contributed by atoms with E-state index in [4.69, 9.17) is 0 Å². The van der Waals surface area contributed by atoms with Gasteiger partial charge >= 0.3 is 0 Å². The summed E-state index contributed by atoms with van der Waals surface area (Å²) in [5.41, 5.74) is 1.37. The average Bonchev–Trinajstić information content (AvgIpc) is 2.51. The predicted molar refractivity (Wildman–Crippen MR) is 89.8 cm³/mol. The Kier molecular flexibility index (Phi) is 6.50. The maximum Gasteiger partial charge on any atom is 0.209 e. The molecule has 0 saturated heterocycles. The van der Waals surface area contributed by atoms with Crippen LogP contribution in [0.25, 0.3) is 11.4 Å². The second-order valence-electron chi connectivity index (χ2n) is 5.66. The first-order valence-corrected chi connectivity index (χ1v) is 9.17. The van der Waals surface area contributed by atoms with Gasteiger partial charge in [-0.2, -0.15) is 10.2 Å². The van der Waals surface area contributed by atoms with Crippen LogP contribution in [0.15, 0.2) is 22.7 Å². The van der Waals surface area contributed by atoms with Crippen molar-refractivity contribution in [3.63, 3.8) is 0 Å². The minimum absolute atomic E-state index is 0.581. The molecule has 0 fully saturated rings. The molecule has 22 heavy (non-hydrogen) atoms. The molecular formula is C14H20N6S2. The van der Waals surface area contributed by atoms with Gasteiger partial charge in [-0.05, 0) is 11.8 Å². The van der Waals surface area contributed by atoms with E-state index in [1.807, 2.05) is 0 Å². The molecule has 0 saturated carbocycles. The Morgan fingerprint density at radius 2 is 1.18 bits per heavy atom. The number of aromatic nitrogens is 6. The second kappa shape index (κ2) is 8.38. The van der Waals surface area contributed by atoms with Crippen LogP contribution < -0.4 is 0 Å². The van der Waals surface area contributed by atoms with Gasteiger partial charge < -0.3 is 0 Å². The molecule has 0 spiro atoms. The van der Waals surface area contributed by atoms with Gasteiger partial charge in [-0.15, -0.1) is 10.2 Å². The van der Waals surface area contributed by atoms with Crippen molar-refractivity contribution < 1.29 is 0 Å². The summed E-state index contributed by atoms with van der Waals surface area (Å²) in [5, 5.41) is 17.5. The molecule has 0 bridgehead atoms. The van der Waals surface area contributed by atoms with Gasteiger partial charge in [0.2, 0.25) is 10.3 Å². The summed E-state index contributed by atoms with van der Waals surface area (Å²) in [4.78, 5) is 9.00. The van der Waals surface area contributed by atoms with E-state index in [1.165, 1.54) is 0 Å². The largest absolute Gasteiger partial charge is 0.218 e. The fourth-order valence-electron chi connectivity index (χ4n) is 1.43. The summed E-state index contributed by atoms with van der Waals surface area (Å²) in [7, 11) is 0. The van der Waals surface area contributed by atoms with Gasteiger partial charge in [0, 0.05) is 11.5 Å². The van der Waals surface area contributed by atoms with Crippen LogP contribution in [0.3, 0.4) is 0 Å². The minimum Gasteiger partial charge on any atom is -0.218 e. The lowest BCUT2D eigenvalue weighted by molar-refractivity contribution is 0.742. The summed E-state index contributed by atoms with van der Waals surface area (Å²) in [6.45, 7) is 8.65. The highest BCUT2D eigenvalue weighted by Crippen LogP contribution is 2.21. The lowest BCUT2D eigenvalue weighted by Gasteiger charge is -2.05. The lowest BCUT2D eigenvalue weighted by atomic mass is 10.3. The molecule has 2 aromatic heterocycles. The maximum atomic E-state index is 4.50. The van der Waals surface area contributed by atoms with Crippen LogP contribution in [0.5, 0.6) is 0 Å². The molecular weight excluding hydrogens is 316 g/mol. The molecule has 0 amide bonds. The van der Waals surface area contributed by atoms with Crippen molar-refractivity contribution in [1.82, 2.24) is 30.4 Å². The highest BCUT2D eigenvalue weighted by molar-refractivity contribution is 7.99. The summed E-state index contributed by atoms with van der Waals surface area (Å²) in [6.07, 6.45) is 3.22. The van der Waals surface area contributed by atoms with E-state index in [0.717, 1.165) is 11.5 Å². The second-order valence-corrected chi connectivity index (χ2v) is 7.63. The predicted octanol–water partition coefficient (Wildman–Crippen LogP) is 3.22. The molecule has 0 unspecified atom stereocenters. The van der Waals surface area contributed by atoms with Crippen molar-refractivity contribution in [2.24, 2.45) is 11.8 Å². The molecule has 2 heterocycles. The number of rotatable bonds is 7. The van der Waals surface area contributed by atoms with Gasteiger partial charge in [0.1, 0.15) is 11.4 Å². The highest BCUT2D eigenvalue weighted by atomic mass is 32.2. The average molecular weight is 336 g/mol. The van der Waals surface area contributed by atoms with Gasteiger partial charge in [0.25, 0.3) is 0 Å². The van der Waals surface area contributed by atoms with Crippen LogP contribution in [0.4, 0.5) is 0 Å². The van der Waals surface area contributed by atoms with Gasteiger partial charge in [-0.1, -0.05) is 51.2 Å². The SMILES string of the molecule is CC(C)CSc1nncc(-c2cnnc(SCC(C)C)n2)n1. The molecule has 0 radical (unpaired) electrons. The van der Waals surface area contributed by atoms with Crippen molar-refractivity contribution in [2.45, 2.75) is 38.0 Å². The van der Waals surface area contributed by atoms with E-state index < -0.39 is 0 Å². The zero-order valence-corrected chi connectivity index (χ0v) is 14.9. The van der Waals surface area contributed by atoms with Crippen LogP contribution in [-0.2, 0) is 0 Å². The Hall–Kier alpha value is -1.28. The standard InChI is InChI=1S/C14H20N6S2/c1-9(2)7-21-13-17-11(5-15-19-13)12-6-16-20-14(18-12)22-8-10(3)4/h5-6,9-10H,7-8H2,1-4H3. The van der Waals surface area contributed by atoms with Crippen molar-refractivity contribution in [1.29, 1.82) is 0 Å². The molecule has 2 aromatic rings.